The van der Waals surface area contributed by atoms with Gasteiger partial charge in [-0.25, -0.2) is 4.39 Å². The van der Waals surface area contributed by atoms with Gasteiger partial charge in [0.15, 0.2) is 5.78 Å². The molecular weight excluding hydrogens is 497 g/mol. The van der Waals surface area contributed by atoms with Crippen molar-refractivity contribution in [1.82, 2.24) is 0 Å². The van der Waals surface area contributed by atoms with Crippen LogP contribution in [0.2, 0.25) is 0 Å². The van der Waals surface area contributed by atoms with E-state index >= 15 is 0 Å². The van der Waals surface area contributed by atoms with Crippen LogP contribution in [-0.4, -0.2) is 16.6 Å². The number of para-hydroxylation sites is 2. The van der Waals surface area contributed by atoms with E-state index in [1.807, 2.05) is 24.3 Å². The minimum absolute atomic E-state index is 0.106. The fourth-order valence-corrected chi connectivity index (χ4v) is 5.61. The van der Waals surface area contributed by atoms with Gasteiger partial charge in [0.25, 0.3) is 5.69 Å². The molecule has 3 aromatic carbocycles. The molecule has 5 rings (SSSR count). The first-order chi connectivity index (χ1) is 18.9. The van der Waals surface area contributed by atoms with Crippen LogP contribution in [0.25, 0.3) is 0 Å². The molecule has 0 unspecified atom stereocenters. The van der Waals surface area contributed by atoms with Crippen LogP contribution >= 0.6 is 0 Å². The Morgan fingerprint density at radius 2 is 1.79 bits per heavy atom. The molecule has 1 N–H and O–H groups in total. The number of nitrogens with one attached hydrogen (secondary N) is 1. The maximum absolute atomic E-state index is 14.0. The van der Waals surface area contributed by atoms with Gasteiger partial charge in [-0.05, 0) is 54.2 Å². The second-order valence-corrected chi connectivity index (χ2v) is 10.1. The summed E-state index contributed by atoms with van der Waals surface area (Å²) in [6.07, 6.45) is 3.51. The number of carbonyl (C=O) groups excluding carboxylic acids is 2. The number of anilines is 2. The van der Waals surface area contributed by atoms with E-state index in [0.717, 1.165) is 18.4 Å². The van der Waals surface area contributed by atoms with E-state index in [9.17, 15) is 24.1 Å². The van der Waals surface area contributed by atoms with E-state index in [1.165, 1.54) is 24.3 Å². The minimum atomic E-state index is -0.827. The SMILES string of the molecule is CCCCCC(=O)N1c2ccccc2NC2=C(C(=O)C[C@H](c3ccc(F)cc3)C2)[C@H]1c1cccc([N+](=O)[O-])c1. The van der Waals surface area contributed by atoms with Gasteiger partial charge in [-0.2, -0.15) is 0 Å². The van der Waals surface area contributed by atoms with Gasteiger partial charge in [-0.15, -0.1) is 0 Å². The van der Waals surface area contributed by atoms with Crippen LogP contribution in [0.5, 0.6) is 0 Å². The van der Waals surface area contributed by atoms with Crippen LogP contribution in [0.15, 0.2) is 84.1 Å². The van der Waals surface area contributed by atoms with Gasteiger partial charge in [0.1, 0.15) is 5.82 Å². The Kier molecular flexibility index (Phi) is 7.54. The topological polar surface area (TPSA) is 92.6 Å². The Morgan fingerprint density at radius 1 is 1.03 bits per heavy atom. The quantitative estimate of drug-likeness (QED) is 0.199. The molecule has 2 atom stereocenters. The number of nitrogens with zero attached hydrogens (tertiary/aromatic N) is 2. The summed E-state index contributed by atoms with van der Waals surface area (Å²) in [5, 5.41) is 15.1. The van der Waals surface area contributed by atoms with E-state index < -0.39 is 11.0 Å². The number of carbonyl (C=O) groups is 2. The number of nitro groups is 1. The fraction of sp³-hybridized carbons (Fsp3) is 0.290. The first-order valence-corrected chi connectivity index (χ1v) is 13.3. The molecule has 0 spiro atoms. The lowest BCUT2D eigenvalue weighted by molar-refractivity contribution is -0.384. The van der Waals surface area contributed by atoms with Gasteiger partial charge in [-0.1, -0.05) is 56.2 Å². The van der Waals surface area contributed by atoms with Crippen LogP contribution in [0.1, 0.15) is 68.5 Å². The zero-order valence-electron chi connectivity index (χ0n) is 21.7. The summed E-state index contributed by atoms with van der Waals surface area (Å²) in [6.45, 7) is 2.07. The number of nitro benzene ring substituents is 1. The average Bonchev–Trinajstić information content (AvgIpc) is 3.08. The molecule has 1 aliphatic carbocycles. The second-order valence-electron chi connectivity index (χ2n) is 10.1. The third kappa shape index (κ3) is 5.32. The number of amides is 1. The normalized spacial score (nSPS) is 18.6. The standard InChI is InChI=1S/C31H30FN3O4/c1-2-3-4-12-29(37)34-27-11-6-5-10-25(27)33-26-18-22(20-13-15-23(32)16-14-20)19-28(36)30(26)31(34)21-8-7-9-24(17-21)35(38)39/h5-11,13-17,22,31,33H,2-4,12,18-19H2,1H3/t22-,31-/m1/s1. The molecule has 7 nitrogen and oxygen atoms in total. The highest BCUT2D eigenvalue weighted by atomic mass is 19.1. The monoisotopic (exact) mass is 527 g/mol. The van der Waals surface area contributed by atoms with E-state index in [-0.39, 0.29) is 35.5 Å². The number of hydrogen-bond donors (Lipinski definition) is 1. The molecule has 2 aliphatic rings. The van der Waals surface area contributed by atoms with Crippen molar-refractivity contribution in [2.45, 2.75) is 57.4 Å². The Bertz CT molecular complexity index is 1450. The zero-order valence-corrected chi connectivity index (χ0v) is 21.7. The van der Waals surface area contributed by atoms with E-state index in [2.05, 4.69) is 12.2 Å². The molecule has 0 radical (unpaired) electrons. The van der Waals surface area contributed by atoms with Crippen molar-refractivity contribution in [2.24, 2.45) is 0 Å². The molecule has 0 aromatic heterocycles. The first kappa shape index (κ1) is 26.3. The number of ketones is 1. The predicted octanol–water partition coefficient (Wildman–Crippen LogP) is 7.21. The molecule has 0 fully saturated rings. The summed E-state index contributed by atoms with van der Waals surface area (Å²) in [7, 11) is 0. The molecule has 1 heterocycles. The highest BCUT2D eigenvalue weighted by Crippen LogP contribution is 2.48. The van der Waals surface area contributed by atoms with Gasteiger partial charge >= 0.3 is 0 Å². The Hall–Kier alpha value is -4.33. The first-order valence-electron chi connectivity index (χ1n) is 13.3. The zero-order chi connectivity index (χ0) is 27.5. The van der Waals surface area contributed by atoms with Gasteiger partial charge in [0.2, 0.25) is 5.91 Å². The van der Waals surface area contributed by atoms with Crippen molar-refractivity contribution in [3.63, 3.8) is 0 Å². The van der Waals surface area contributed by atoms with Crippen molar-refractivity contribution in [2.75, 3.05) is 10.2 Å². The van der Waals surface area contributed by atoms with Crippen LogP contribution in [0, 0.1) is 15.9 Å². The summed E-state index contributed by atoms with van der Waals surface area (Å²) in [5.74, 6) is -0.801. The van der Waals surface area contributed by atoms with E-state index in [1.54, 1.807) is 29.2 Å². The second kappa shape index (κ2) is 11.2. The smallest absolute Gasteiger partial charge is 0.269 e. The lowest BCUT2D eigenvalue weighted by Crippen LogP contribution is -2.38. The van der Waals surface area contributed by atoms with Crippen molar-refractivity contribution < 1.29 is 18.9 Å². The highest BCUT2D eigenvalue weighted by molar-refractivity contribution is 6.06. The van der Waals surface area contributed by atoms with Crippen LogP contribution in [0.3, 0.4) is 0 Å². The fourth-order valence-electron chi connectivity index (χ4n) is 5.61. The van der Waals surface area contributed by atoms with Crippen LogP contribution in [-0.2, 0) is 9.59 Å². The van der Waals surface area contributed by atoms with E-state index in [4.69, 9.17) is 0 Å². The van der Waals surface area contributed by atoms with Gasteiger partial charge in [0, 0.05) is 36.2 Å². The lowest BCUT2D eigenvalue weighted by atomic mass is 9.78. The summed E-state index contributed by atoms with van der Waals surface area (Å²) < 4.78 is 13.6. The minimum Gasteiger partial charge on any atom is -0.357 e. The summed E-state index contributed by atoms with van der Waals surface area (Å²) in [6, 6.07) is 18.9. The molecule has 1 aliphatic heterocycles. The van der Waals surface area contributed by atoms with Crippen molar-refractivity contribution in [3.05, 3.63) is 111 Å². The lowest BCUT2D eigenvalue weighted by Gasteiger charge is -2.35. The van der Waals surface area contributed by atoms with E-state index in [0.29, 0.717) is 47.5 Å². The molecule has 0 saturated carbocycles. The number of hydrogen-bond acceptors (Lipinski definition) is 5. The number of rotatable bonds is 7. The number of Topliss-reactive ketones (excluding diaryl/α,β-unsaturated/α-hetero) is 1. The summed E-state index contributed by atoms with van der Waals surface area (Å²) >= 11 is 0. The molecule has 200 valence electrons. The summed E-state index contributed by atoms with van der Waals surface area (Å²) in [5.41, 5.74) is 3.68. The number of non-ortho nitro benzene ring substituents is 1. The van der Waals surface area contributed by atoms with Gasteiger partial charge in [-0.3, -0.25) is 24.6 Å². The third-order valence-corrected chi connectivity index (χ3v) is 7.49. The third-order valence-electron chi connectivity index (χ3n) is 7.49. The molecule has 3 aromatic rings. The Balaban J connectivity index is 1.68. The maximum atomic E-state index is 14.0. The number of halogens is 1. The molecule has 1 amide bonds. The maximum Gasteiger partial charge on any atom is 0.269 e. The number of benzene rings is 3. The summed E-state index contributed by atoms with van der Waals surface area (Å²) in [4.78, 5) is 40.7. The molecular formula is C31H30FN3O4. The number of unbranched alkanes of at least 4 members (excludes halogenated alkanes) is 2. The Labute approximate surface area is 226 Å². The van der Waals surface area contributed by atoms with Gasteiger partial charge in [0.05, 0.1) is 22.3 Å². The van der Waals surface area contributed by atoms with Crippen molar-refractivity contribution in [1.29, 1.82) is 0 Å². The number of fused-ring (bicyclic) bond motifs is 1. The number of allylic oxidation sites excluding steroid dienone is 1. The molecule has 0 bridgehead atoms. The highest BCUT2D eigenvalue weighted by Gasteiger charge is 2.41. The molecule has 0 saturated heterocycles. The largest absolute Gasteiger partial charge is 0.357 e. The predicted molar refractivity (Wildman–Crippen MR) is 148 cm³/mol. The van der Waals surface area contributed by atoms with Crippen LogP contribution in [0.4, 0.5) is 21.5 Å². The van der Waals surface area contributed by atoms with Gasteiger partial charge < -0.3 is 5.32 Å². The molecule has 39 heavy (non-hydrogen) atoms. The Morgan fingerprint density at radius 3 is 2.54 bits per heavy atom. The van der Waals surface area contributed by atoms with Crippen molar-refractivity contribution in [3.8, 4) is 0 Å². The van der Waals surface area contributed by atoms with Crippen molar-refractivity contribution >= 4 is 28.8 Å². The van der Waals surface area contributed by atoms with Crippen LogP contribution < -0.4 is 10.2 Å². The molecule has 8 heteroatoms. The average molecular weight is 528 g/mol.